The van der Waals surface area contributed by atoms with Crippen molar-refractivity contribution >= 4 is 29.2 Å². The van der Waals surface area contributed by atoms with Crippen molar-refractivity contribution < 1.29 is 19.1 Å². The Bertz CT molecular complexity index is 1750. The van der Waals surface area contributed by atoms with Gasteiger partial charge in [-0.15, -0.1) is 11.3 Å². The molecule has 3 N–H and O–H groups in total. The predicted molar refractivity (Wildman–Crippen MR) is 184 cm³/mol. The van der Waals surface area contributed by atoms with E-state index in [0.29, 0.717) is 42.0 Å². The van der Waals surface area contributed by atoms with Gasteiger partial charge in [-0.05, 0) is 72.3 Å². The molecule has 0 bridgehead atoms. The lowest BCUT2D eigenvalue weighted by Gasteiger charge is -2.30. The molecule has 3 aromatic rings. The Kier molecular flexibility index (Phi) is 11.0. The molecule has 0 aromatic carbocycles. The molecule has 0 aliphatic carbocycles. The highest BCUT2D eigenvalue weighted by atomic mass is 32.1. The minimum Gasteiger partial charge on any atom is -0.453 e. The van der Waals surface area contributed by atoms with Crippen molar-refractivity contribution in [3.05, 3.63) is 57.3 Å². The molecule has 5 atom stereocenters. The molecular weight excluding hydrogens is 627 g/mol. The van der Waals surface area contributed by atoms with E-state index in [1.54, 1.807) is 17.3 Å². The number of likely N-dealkylation sites (tertiary alicyclic amines) is 2. The zero-order valence-electron chi connectivity index (χ0n) is 28.7. The molecule has 11 nitrogen and oxygen atoms in total. The smallest absolute Gasteiger partial charge is 0.407 e. The molecule has 2 aliphatic rings. The van der Waals surface area contributed by atoms with Crippen LogP contribution < -0.4 is 5.32 Å². The highest BCUT2D eigenvalue weighted by Crippen LogP contribution is 2.36. The number of rotatable bonds is 7. The molecule has 48 heavy (non-hydrogen) atoms. The number of ether oxygens (including phenoxy) is 1. The van der Waals surface area contributed by atoms with Gasteiger partial charge < -0.3 is 29.8 Å². The van der Waals surface area contributed by atoms with Gasteiger partial charge in [-0.1, -0.05) is 41.5 Å². The van der Waals surface area contributed by atoms with Gasteiger partial charge in [0.2, 0.25) is 11.8 Å². The first-order valence-electron chi connectivity index (χ1n) is 16.6. The van der Waals surface area contributed by atoms with Crippen molar-refractivity contribution in [3.63, 3.8) is 0 Å². The van der Waals surface area contributed by atoms with Gasteiger partial charge in [0.1, 0.15) is 29.1 Å². The summed E-state index contributed by atoms with van der Waals surface area (Å²) in [6.07, 6.45) is 5.12. The number of hydrogen-bond donors (Lipinski definition) is 3. The Morgan fingerprint density at radius 1 is 0.896 bits per heavy atom. The van der Waals surface area contributed by atoms with E-state index >= 15 is 0 Å². The number of thiophene rings is 1. The second kappa shape index (κ2) is 15.1. The SMILES string of the molecule is COC(=O)N[C@H](C(=O)N1C[C@@H](C)C[C@H]1c1nc(C#Cc2ccc(C#Cc3c[nH]c([C@@H]4C[C@H](C)CN4C(=O)CC(C)C)n3)s2)c[nH]1)C(C)C. The number of nitrogens with one attached hydrogen (secondary N) is 3. The van der Waals surface area contributed by atoms with E-state index < -0.39 is 12.1 Å². The van der Waals surface area contributed by atoms with Gasteiger partial charge in [0, 0.05) is 31.9 Å². The Hall–Kier alpha value is -4.55. The summed E-state index contributed by atoms with van der Waals surface area (Å²) >= 11 is 1.49. The summed E-state index contributed by atoms with van der Waals surface area (Å²) < 4.78 is 4.74. The van der Waals surface area contributed by atoms with Crippen molar-refractivity contribution in [2.75, 3.05) is 20.2 Å². The fourth-order valence-corrected chi connectivity index (χ4v) is 7.05. The van der Waals surface area contributed by atoms with E-state index in [1.807, 2.05) is 30.9 Å². The summed E-state index contributed by atoms with van der Waals surface area (Å²) in [5, 5.41) is 2.69. The maximum absolute atomic E-state index is 13.5. The zero-order valence-corrected chi connectivity index (χ0v) is 29.5. The average molecular weight is 672 g/mol. The van der Waals surface area contributed by atoms with Gasteiger partial charge in [-0.2, -0.15) is 0 Å². The molecule has 0 saturated carbocycles. The van der Waals surface area contributed by atoms with E-state index in [9.17, 15) is 14.4 Å². The van der Waals surface area contributed by atoms with Crippen LogP contribution in [0.15, 0.2) is 24.5 Å². The number of hydrogen-bond acceptors (Lipinski definition) is 7. The van der Waals surface area contributed by atoms with E-state index in [1.165, 1.54) is 18.4 Å². The van der Waals surface area contributed by atoms with Gasteiger partial charge in [0.05, 0.1) is 28.9 Å². The summed E-state index contributed by atoms with van der Waals surface area (Å²) in [5.41, 5.74) is 1.22. The lowest BCUT2D eigenvalue weighted by Crippen LogP contribution is -2.51. The van der Waals surface area contributed by atoms with Gasteiger partial charge in [-0.25, -0.2) is 14.8 Å². The summed E-state index contributed by atoms with van der Waals surface area (Å²) in [7, 11) is 1.29. The zero-order chi connectivity index (χ0) is 34.5. The number of carbonyl (C=O) groups excluding carboxylic acids is 3. The number of aromatic nitrogens is 4. The van der Waals surface area contributed by atoms with Crippen molar-refractivity contribution in [3.8, 4) is 23.7 Å². The third kappa shape index (κ3) is 8.29. The molecule has 5 rings (SSSR count). The number of amides is 3. The second-order valence-corrected chi connectivity index (χ2v) is 14.8. The number of aromatic amines is 2. The minimum absolute atomic E-state index is 0.0471. The Balaban J connectivity index is 1.23. The fraction of sp³-hybridized carbons (Fsp3) is 0.528. The van der Waals surface area contributed by atoms with Crippen LogP contribution in [0.2, 0.25) is 0 Å². The molecule has 5 heterocycles. The molecule has 254 valence electrons. The molecule has 3 aromatic heterocycles. The number of H-pyrrole nitrogens is 2. The first-order valence-corrected chi connectivity index (χ1v) is 17.4. The lowest BCUT2D eigenvalue weighted by molar-refractivity contribution is -0.135. The van der Waals surface area contributed by atoms with Crippen LogP contribution in [0.25, 0.3) is 0 Å². The first-order chi connectivity index (χ1) is 22.9. The van der Waals surface area contributed by atoms with Crippen LogP contribution in [0, 0.1) is 47.4 Å². The maximum atomic E-state index is 13.5. The fourth-order valence-electron chi connectivity index (χ4n) is 6.34. The van der Waals surface area contributed by atoms with Crippen LogP contribution >= 0.6 is 11.3 Å². The highest BCUT2D eigenvalue weighted by Gasteiger charge is 2.40. The van der Waals surface area contributed by atoms with Crippen molar-refractivity contribution in [1.29, 1.82) is 0 Å². The Labute approximate surface area is 286 Å². The molecule has 2 saturated heterocycles. The quantitative estimate of drug-likeness (QED) is 0.294. The molecular formula is C36H45N7O4S. The second-order valence-electron chi connectivity index (χ2n) is 13.7. The molecule has 0 radical (unpaired) electrons. The lowest BCUT2D eigenvalue weighted by atomic mass is 10.0. The van der Waals surface area contributed by atoms with Crippen LogP contribution in [0.3, 0.4) is 0 Å². The number of methoxy groups -OCH3 is 1. The van der Waals surface area contributed by atoms with Crippen LogP contribution in [0.1, 0.15) is 106 Å². The normalized spacial score (nSPS) is 21.1. The molecule has 0 unspecified atom stereocenters. The van der Waals surface area contributed by atoms with E-state index in [2.05, 4.69) is 66.7 Å². The van der Waals surface area contributed by atoms with Crippen LogP contribution in [0.5, 0.6) is 0 Å². The molecule has 3 amide bonds. The predicted octanol–water partition coefficient (Wildman–Crippen LogP) is 5.24. The van der Waals surface area contributed by atoms with E-state index in [4.69, 9.17) is 14.7 Å². The third-order valence-electron chi connectivity index (χ3n) is 8.66. The summed E-state index contributed by atoms with van der Waals surface area (Å²) in [4.78, 5) is 59.7. The van der Waals surface area contributed by atoms with Crippen molar-refractivity contribution in [2.24, 2.45) is 23.7 Å². The Morgan fingerprint density at radius 2 is 1.42 bits per heavy atom. The van der Waals surface area contributed by atoms with E-state index in [-0.39, 0.29) is 35.7 Å². The van der Waals surface area contributed by atoms with Crippen molar-refractivity contribution in [1.82, 2.24) is 35.1 Å². The van der Waals surface area contributed by atoms with Gasteiger partial charge >= 0.3 is 6.09 Å². The van der Waals surface area contributed by atoms with Crippen molar-refractivity contribution in [2.45, 2.75) is 78.9 Å². The topological polar surface area (TPSA) is 136 Å². The minimum atomic E-state index is -0.697. The third-order valence-corrected chi connectivity index (χ3v) is 9.57. The average Bonchev–Trinajstić information content (AvgIpc) is 3.87. The molecule has 2 aliphatic heterocycles. The molecule has 12 heteroatoms. The number of alkyl carbamates (subject to hydrolysis) is 1. The number of carbonyl (C=O) groups is 3. The summed E-state index contributed by atoms with van der Waals surface area (Å²) in [6, 6.07) is 2.89. The standard InChI is InChI=1S/C36H45N7O4S/c1-21(2)14-31(44)42-19-23(5)15-29(42)33-37-17-25(39-33)8-10-27-12-13-28(48-27)11-9-26-18-38-34(40-26)30-16-24(6)20-43(30)35(45)32(22(3)4)41-36(46)47-7/h12-13,17-18,21-24,29-30,32H,14-16,19-20H2,1-7H3,(H,37,39)(H,38,40)(H,41,46)/t23-,24-,29-,30-,32-/m0/s1. The largest absolute Gasteiger partial charge is 0.453 e. The Morgan fingerprint density at radius 3 is 1.92 bits per heavy atom. The van der Waals surface area contributed by atoms with Crippen LogP contribution in [-0.4, -0.2) is 73.9 Å². The summed E-state index contributed by atoms with van der Waals surface area (Å²) in [5.74, 6) is 15.0. The molecule has 0 spiro atoms. The maximum Gasteiger partial charge on any atom is 0.407 e. The van der Waals surface area contributed by atoms with Gasteiger partial charge in [0.15, 0.2) is 0 Å². The van der Waals surface area contributed by atoms with Crippen LogP contribution in [0.4, 0.5) is 4.79 Å². The highest BCUT2D eigenvalue weighted by molar-refractivity contribution is 7.13. The van der Waals surface area contributed by atoms with E-state index in [0.717, 1.165) is 35.0 Å². The number of nitrogens with zero attached hydrogens (tertiary/aromatic N) is 4. The van der Waals surface area contributed by atoms with Gasteiger partial charge in [-0.3, -0.25) is 9.59 Å². The molecule has 2 fully saturated rings. The van der Waals surface area contributed by atoms with Crippen LogP contribution in [-0.2, 0) is 14.3 Å². The number of imidazole rings is 2. The first kappa shape index (κ1) is 34.8. The summed E-state index contributed by atoms with van der Waals surface area (Å²) in [6.45, 7) is 13.5. The monoisotopic (exact) mass is 671 g/mol. The van der Waals surface area contributed by atoms with Gasteiger partial charge in [0.25, 0.3) is 0 Å².